The predicted octanol–water partition coefficient (Wildman–Crippen LogP) is 1.84. The molecule has 0 bridgehead atoms. The van der Waals surface area contributed by atoms with Crippen LogP contribution in [0.2, 0.25) is 5.15 Å². The third-order valence-corrected chi connectivity index (χ3v) is 3.18. The van der Waals surface area contributed by atoms with Crippen LogP contribution in [-0.2, 0) is 4.79 Å². The van der Waals surface area contributed by atoms with Gasteiger partial charge in [0, 0.05) is 37.9 Å². The van der Waals surface area contributed by atoms with Gasteiger partial charge in [0.2, 0.25) is 5.91 Å². The molecule has 1 aromatic heterocycles. The van der Waals surface area contributed by atoms with Crippen molar-refractivity contribution in [1.82, 2.24) is 10.3 Å². The fourth-order valence-corrected chi connectivity index (χ4v) is 2.33. The summed E-state index contributed by atoms with van der Waals surface area (Å²) in [6.45, 7) is 3.44. The van der Waals surface area contributed by atoms with E-state index in [2.05, 4.69) is 15.2 Å². The lowest BCUT2D eigenvalue weighted by Gasteiger charge is -2.33. The molecule has 0 saturated carbocycles. The second-order valence-corrected chi connectivity index (χ2v) is 4.69. The van der Waals surface area contributed by atoms with Gasteiger partial charge in [-0.05, 0) is 25.0 Å². The second-order valence-electron chi connectivity index (χ2n) is 4.30. The number of carbonyl (C=O) groups is 1. The van der Waals surface area contributed by atoms with Crippen LogP contribution in [0.3, 0.4) is 0 Å². The lowest BCUT2D eigenvalue weighted by molar-refractivity contribution is -0.119. The monoisotopic (exact) mass is 253 g/mol. The Bertz CT molecular complexity index is 402. The molecule has 5 heteroatoms. The van der Waals surface area contributed by atoms with E-state index in [0.717, 1.165) is 31.6 Å². The Morgan fingerprint density at radius 3 is 2.82 bits per heavy atom. The van der Waals surface area contributed by atoms with E-state index in [1.165, 1.54) is 0 Å². The molecule has 4 nitrogen and oxygen atoms in total. The highest BCUT2D eigenvalue weighted by molar-refractivity contribution is 6.29. The van der Waals surface area contributed by atoms with Crippen molar-refractivity contribution in [2.45, 2.75) is 25.8 Å². The van der Waals surface area contributed by atoms with Gasteiger partial charge in [-0.2, -0.15) is 0 Å². The molecule has 1 aliphatic heterocycles. The topological polar surface area (TPSA) is 45.2 Å². The molecule has 0 unspecified atom stereocenters. The van der Waals surface area contributed by atoms with E-state index in [0.29, 0.717) is 11.2 Å². The third kappa shape index (κ3) is 3.33. The van der Waals surface area contributed by atoms with Crippen LogP contribution in [0.5, 0.6) is 0 Å². The summed E-state index contributed by atoms with van der Waals surface area (Å²) in [6, 6.07) is 4.14. The molecule has 0 spiro atoms. The van der Waals surface area contributed by atoms with E-state index in [1.54, 1.807) is 13.1 Å². The van der Waals surface area contributed by atoms with Crippen molar-refractivity contribution in [1.29, 1.82) is 0 Å². The number of piperidine rings is 1. The van der Waals surface area contributed by atoms with E-state index >= 15 is 0 Å². The highest BCUT2D eigenvalue weighted by atomic mass is 35.5. The molecular formula is C12H16ClN3O. The zero-order valence-corrected chi connectivity index (χ0v) is 10.6. The first-order chi connectivity index (χ1) is 8.15. The minimum atomic E-state index is 0.0513. The molecule has 0 aliphatic carbocycles. The summed E-state index contributed by atoms with van der Waals surface area (Å²) in [6.07, 6.45) is 3.66. The van der Waals surface area contributed by atoms with Gasteiger partial charge in [-0.25, -0.2) is 4.98 Å². The maximum absolute atomic E-state index is 11.0. The summed E-state index contributed by atoms with van der Waals surface area (Å²) >= 11 is 5.87. The predicted molar refractivity (Wildman–Crippen MR) is 68.3 cm³/mol. The fourth-order valence-electron chi connectivity index (χ4n) is 2.16. The number of amides is 1. The Morgan fingerprint density at radius 1 is 1.53 bits per heavy atom. The molecule has 0 radical (unpaired) electrons. The van der Waals surface area contributed by atoms with Crippen LogP contribution >= 0.6 is 11.6 Å². The second kappa shape index (κ2) is 5.36. The summed E-state index contributed by atoms with van der Waals surface area (Å²) in [4.78, 5) is 17.2. The standard InChI is InChI=1S/C12H16ClN3O/c1-9(17)15-10-3-6-16(7-4-10)11-2-5-14-12(13)8-11/h2,5,8,10H,3-4,6-7H2,1H3,(H,15,17). The Hall–Kier alpha value is -1.29. The summed E-state index contributed by atoms with van der Waals surface area (Å²) in [5.41, 5.74) is 1.10. The van der Waals surface area contributed by atoms with Gasteiger partial charge < -0.3 is 10.2 Å². The van der Waals surface area contributed by atoms with Crippen LogP contribution < -0.4 is 10.2 Å². The van der Waals surface area contributed by atoms with Crippen molar-refractivity contribution in [2.75, 3.05) is 18.0 Å². The number of pyridine rings is 1. The third-order valence-electron chi connectivity index (χ3n) is 2.98. The molecule has 1 aliphatic rings. The van der Waals surface area contributed by atoms with E-state index < -0.39 is 0 Å². The molecule has 1 aromatic rings. The van der Waals surface area contributed by atoms with Gasteiger partial charge in [0.05, 0.1) is 0 Å². The van der Waals surface area contributed by atoms with E-state index in [4.69, 9.17) is 11.6 Å². The highest BCUT2D eigenvalue weighted by Crippen LogP contribution is 2.21. The first-order valence-electron chi connectivity index (χ1n) is 5.79. The van der Waals surface area contributed by atoms with Crippen LogP contribution in [0, 0.1) is 0 Å². The smallest absolute Gasteiger partial charge is 0.217 e. The van der Waals surface area contributed by atoms with Crippen molar-refractivity contribution in [3.8, 4) is 0 Å². The number of hydrogen-bond acceptors (Lipinski definition) is 3. The molecule has 1 fully saturated rings. The molecule has 2 rings (SSSR count). The number of rotatable bonds is 2. The van der Waals surface area contributed by atoms with Gasteiger partial charge in [-0.1, -0.05) is 11.6 Å². The van der Waals surface area contributed by atoms with Gasteiger partial charge >= 0.3 is 0 Å². The van der Waals surface area contributed by atoms with Crippen molar-refractivity contribution >= 4 is 23.2 Å². The maximum Gasteiger partial charge on any atom is 0.217 e. The molecule has 92 valence electrons. The van der Waals surface area contributed by atoms with Crippen LogP contribution in [-0.4, -0.2) is 30.0 Å². The maximum atomic E-state index is 11.0. The molecule has 1 amide bonds. The Kier molecular flexibility index (Phi) is 3.84. The summed E-state index contributed by atoms with van der Waals surface area (Å²) in [5, 5.41) is 3.48. The van der Waals surface area contributed by atoms with Crippen molar-refractivity contribution in [3.63, 3.8) is 0 Å². The average molecular weight is 254 g/mol. The van der Waals surface area contributed by atoms with Gasteiger partial charge in [0.1, 0.15) is 5.15 Å². The molecule has 0 aromatic carbocycles. The molecule has 17 heavy (non-hydrogen) atoms. The SMILES string of the molecule is CC(=O)NC1CCN(c2ccnc(Cl)c2)CC1. The van der Waals surface area contributed by atoms with Crippen LogP contribution in [0.25, 0.3) is 0 Å². The normalized spacial score (nSPS) is 16.9. The molecule has 2 heterocycles. The first-order valence-corrected chi connectivity index (χ1v) is 6.16. The molecular weight excluding hydrogens is 238 g/mol. The van der Waals surface area contributed by atoms with Crippen molar-refractivity contribution < 1.29 is 4.79 Å². The van der Waals surface area contributed by atoms with Crippen molar-refractivity contribution in [3.05, 3.63) is 23.5 Å². The van der Waals surface area contributed by atoms with Gasteiger partial charge in [0.15, 0.2) is 0 Å². The van der Waals surface area contributed by atoms with Crippen LogP contribution in [0.4, 0.5) is 5.69 Å². The highest BCUT2D eigenvalue weighted by Gasteiger charge is 2.19. The molecule has 1 N–H and O–H groups in total. The number of nitrogens with one attached hydrogen (secondary N) is 1. The van der Waals surface area contributed by atoms with E-state index in [9.17, 15) is 4.79 Å². The zero-order valence-electron chi connectivity index (χ0n) is 9.82. The Labute approximate surface area is 106 Å². The summed E-state index contributed by atoms with van der Waals surface area (Å²) in [5.74, 6) is 0.0513. The number of anilines is 1. The number of nitrogens with zero attached hydrogens (tertiary/aromatic N) is 2. The average Bonchev–Trinajstić information content (AvgIpc) is 2.29. The fraction of sp³-hybridized carbons (Fsp3) is 0.500. The lowest BCUT2D eigenvalue weighted by Crippen LogP contribution is -2.44. The quantitative estimate of drug-likeness (QED) is 0.818. The minimum absolute atomic E-state index is 0.0513. The zero-order chi connectivity index (χ0) is 12.3. The number of halogens is 1. The summed E-state index contributed by atoms with van der Waals surface area (Å²) in [7, 11) is 0. The van der Waals surface area contributed by atoms with Gasteiger partial charge in [0.25, 0.3) is 0 Å². The van der Waals surface area contributed by atoms with E-state index in [1.807, 2.05) is 12.1 Å². The van der Waals surface area contributed by atoms with Crippen LogP contribution in [0.1, 0.15) is 19.8 Å². The first kappa shape index (κ1) is 12.2. The molecule has 1 saturated heterocycles. The number of carbonyl (C=O) groups excluding carboxylic acids is 1. The largest absolute Gasteiger partial charge is 0.371 e. The lowest BCUT2D eigenvalue weighted by atomic mass is 10.0. The Balaban J connectivity index is 1.93. The number of hydrogen-bond donors (Lipinski definition) is 1. The van der Waals surface area contributed by atoms with Crippen LogP contribution in [0.15, 0.2) is 18.3 Å². The van der Waals surface area contributed by atoms with Gasteiger partial charge in [-0.3, -0.25) is 4.79 Å². The van der Waals surface area contributed by atoms with Gasteiger partial charge in [-0.15, -0.1) is 0 Å². The van der Waals surface area contributed by atoms with Crippen molar-refractivity contribution in [2.24, 2.45) is 0 Å². The number of aromatic nitrogens is 1. The summed E-state index contributed by atoms with van der Waals surface area (Å²) < 4.78 is 0. The Morgan fingerprint density at radius 2 is 2.24 bits per heavy atom. The van der Waals surface area contributed by atoms with E-state index in [-0.39, 0.29) is 5.91 Å². The minimum Gasteiger partial charge on any atom is -0.371 e. The molecule has 0 atom stereocenters.